The van der Waals surface area contributed by atoms with Gasteiger partial charge in [0.2, 0.25) is 5.91 Å². The van der Waals surface area contributed by atoms with E-state index in [1.807, 2.05) is 17.5 Å². The average Bonchev–Trinajstić information content (AvgIpc) is 2.79. The molecule has 0 aliphatic rings. The maximum absolute atomic E-state index is 11.6. The molecule has 0 aliphatic heterocycles. The van der Waals surface area contributed by atoms with Gasteiger partial charge in [-0.3, -0.25) is 14.9 Å². The molecule has 0 unspecified atom stereocenters. The van der Waals surface area contributed by atoms with Crippen LogP contribution in [-0.4, -0.2) is 35.0 Å². The van der Waals surface area contributed by atoms with E-state index in [2.05, 4.69) is 5.32 Å². The van der Waals surface area contributed by atoms with Crippen LogP contribution in [0.1, 0.15) is 17.7 Å². The molecule has 18 heavy (non-hydrogen) atoms. The Morgan fingerprint density at radius 1 is 1.39 bits per heavy atom. The summed E-state index contributed by atoms with van der Waals surface area (Å²) in [5, 5.41) is 12.4. The van der Waals surface area contributed by atoms with Crippen LogP contribution in [0.2, 0.25) is 0 Å². The Balaban J connectivity index is 2.35. The van der Waals surface area contributed by atoms with Crippen LogP contribution < -0.4 is 5.32 Å². The SMILES string of the molecule is CN(Cc1cccs1)C(=O)NC(=O)CCC(=O)O. The normalized spacial score (nSPS) is 9.83. The summed E-state index contributed by atoms with van der Waals surface area (Å²) in [6.07, 6.45) is -0.484. The number of carbonyl (C=O) groups is 3. The fourth-order valence-corrected chi connectivity index (χ4v) is 1.96. The van der Waals surface area contributed by atoms with Gasteiger partial charge in [-0.2, -0.15) is 0 Å². The first-order valence-corrected chi connectivity index (χ1v) is 6.16. The minimum atomic E-state index is -1.07. The van der Waals surface area contributed by atoms with E-state index in [1.165, 1.54) is 16.2 Å². The first-order valence-electron chi connectivity index (χ1n) is 5.28. The minimum absolute atomic E-state index is 0.200. The molecule has 0 bridgehead atoms. The zero-order valence-corrected chi connectivity index (χ0v) is 10.7. The highest BCUT2D eigenvalue weighted by Gasteiger charge is 2.13. The lowest BCUT2D eigenvalue weighted by Crippen LogP contribution is -2.40. The van der Waals surface area contributed by atoms with Gasteiger partial charge in [0.1, 0.15) is 0 Å². The molecular weight excluding hydrogens is 256 g/mol. The number of imide groups is 1. The van der Waals surface area contributed by atoms with Gasteiger partial charge in [0.05, 0.1) is 13.0 Å². The average molecular weight is 270 g/mol. The van der Waals surface area contributed by atoms with Crippen LogP contribution in [0.4, 0.5) is 4.79 Å². The molecule has 1 aromatic heterocycles. The van der Waals surface area contributed by atoms with Crippen molar-refractivity contribution in [3.63, 3.8) is 0 Å². The number of carboxylic acid groups (broad SMARTS) is 1. The zero-order chi connectivity index (χ0) is 13.5. The Bertz CT molecular complexity index is 430. The molecule has 98 valence electrons. The Hall–Kier alpha value is -1.89. The van der Waals surface area contributed by atoms with Gasteiger partial charge in [0, 0.05) is 18.3 Å². The molecule has 0 atom stereocenters. The van der Waals surface area contributed by atoms with Gasteiger partial charge < -0.3 is 10.0 Å². The van der Waals surface area contributed by atoms with Crippen LogP contribution in [0.25, 0.3) is 0 Å². The predicted octanol–water partition coefficient (Wildman–Crippen LogP) is 1.28. The smallest absolute Gasteiger partial charge is 0.324 e. The highest BCUT2D eigenvalue weighted by atomic mass is 32.1. The molecule has 7 heteroatoms. The molecule has 0 saturated carbocycles. The third kappa shape index (κ3) is 4.96. The molecule has 0 spiro atoms. The van der Waals surface area contributed by atoms with E-state index in [1.54, 1.807) is 7.05 Å². The van der Waals surface area contributed by atoms with Crippen molar-refractivity contribution in [3.8, 4) is 0 Å². The van der Waals surface area contributed by atoms with Crippen LogP contribution in [0, 0.1) is 0 Å². The summed E-state index contributed by atoms with van der Waals surface area (Å²) in [6, 6.07) is 3.24. The Labute approximate surface area is 108 Å². The second-order valence-electron chi connectivity index (χ2n) is 3.68. The van der Waals surface area contributed by atoms with E-state index in [4.69, 9.17) is 5.11 Å². The number of hydrogen-bond donors (Lipinski definition) is 2. The number of hydrogen-bond acceptors (Lipinski definition) is 4. The summed E-state index contributed by atoms with van der Waals surface area (Å²) in [6.45, 7) is 0.412. The summed E-state index contributed by atoms with van der Waals surface area (Å²) in [5.41, 5.74) is 0. The molecular formula is C11H14N2O4S. The zero-order valence-electron chi connectivity index (χ0n) is 9.88. The van der Waals surface area contributed by atoms with Crippen LogP contribution >= 0.6 is 11.3 Å². The lowest BCUT2D eigenvalue weighted by atomic mass is 10.3. The van der Waals surface area contributed by atoms with Gasteiger partial charge in [-0.15, -0.1) is 11.3 Å². The maximum Gasteiger partial charge on any atom is 0.324 e. The number of nitrogens with one attached hydrogen (secondary N) is 1. The van der Waals surface area contributed by atoms with Crippen LogP contribution in [0.5, 0.6) is 0 Å². The van der Waals surface area contributed by atoms with Gasteiger partial charge >= 0.3 is 12.0 Å². The largest absolute Gasteiger partial charge is 0.481 e. The summed E-state index contributed by atoms with van der Waals surface area (Å²) in [4.78, 5) is 35.5. The van der Waals surface area contributed by atoms with E-state index < -0.39 is 17.9 Å². The van der Waals surface area contributed by atoms with Crippen molar-refractivity contribution in [3.05, 3.63) is 22.4 Å². The van der Waals surface area contributed by atoms with Crippen molar-refractivity contribution >= 4 is 29.2 Å². The molecule has 1 aromatic rings. The van der Waals surface area contributed by atoms with Crippen molar-refractivity contribution in [2.75, 3.05) is 7.05 Å². The molecule has 1 heterocycles. The molecule has 3 amide bonds. The highest BCUT2D eigenvalue weighted by Crippen LogP contribution is 2.10. The summed E-state index contributed by atoms with van der Waals surface area (Å²) in [7, 11) is 1.57. The molecule has 0 aliphatic carbocycles. The topological polar surface area (TPSA) is 86.7 Å². The molecule has 0 fully saturated rings. The number of nitrogens with zero attached hydrogens (tertiary/aromatic N) is 1. The van der Waals surface area contributed by atoms with Gasteiger partial charge in [-0.1, -0.05) is 6.07 Å². The number of amides is 3. The number of carboxylic acids is 1. The van der Waals surface area contributed by atoms with Crippen molar-refractivity contribution in [2.45, 2.75) is 19.4 Å². The third-order valence-corrected chi connectivity index (χ3v) is 2.99. The van der Waals surface area contributed by atoms with Crippen molar-refractivity contribution in [1.82, 2.24) is 10.2 Å². The molecule has 0 aromatic carbocycles. The first-order chi connectivity index (χ1) is 8.49. The van der Waals surface area contributed by atoms with E-state index in [0.29, 0.717) is 6.54 Å². The van der Waals surface area contributed by atoms with Gasteiger partial charge in [0.25, 0.3) is 0 Å². The van der Waals surface area contributed by atoms with Gasteiger partial charge in [-0.05, 0) is 11.4 Å². The number of carbonyl (C=O) groups excluding carboxylic acids is 2. The minimum Gasteiger partial charge on any atom is -0.481 e. The summed E-state index contributed by atoms with van der Waals surface area (Å²) in [5.74, 6) is -1.65. The second-order valence-corrected chi connectivity index (χ2v) is 4.71. The Morgan fingerprint density at radius 3 is 2.67 bits per heavy atom. The Morgan fingerprint density at radius 2 is 2.11 bits per heavy atom. The quantitative estimate of drug-likeness (QED) is 0.843. The molecule has 0 radical (unpaired) electrons. The number of thiophene rings is 1. The molecule has 6 nitrogen and oxygen atoms in total. The van der Waals surface area contributed by atoms with Crippen molar-refractivity contribution in [2.24, 2.45) is 0 Å². The predicted molar refractivity (Wildman–Crippen MR) is 66.2 cm³/mol. The van der Waals surface area contributed by atoms with Gasteiger partial charge in [0.15, 0.2) is 0 Å². The standard InChI is InChI=1S/C11H14N2O4S/c1-13(7-8-3-2-6-18-8)11(17)12-9(14)4-5-10(15)16/h2-3,6H,4-5,7H2,1H3,(H,15,16)(H,12,14,17). The van der Waals surface area contributed by atoms with Crippen molar-refractivity contribution < 1.29 is 19.5 Å². The third-order valence-electron chi connectivity index (χ3n) is 2.13. The fraction of sp³-hybridized carbons (Fsp3) is 0.364. The lowest BCUT2D eigenvalue weighted by Gasteiger charge is -2.16. The number of aliphatic carboxylic acids is 1. The van der Waals surface area contributed by atoms with E-state index in [0.717, 1.165) is 4.88 Å². The molecule has 2 N–H and O–H groups in total. The number of rotatable bonds is 5. The van der Waals surface area contributed by atoms with Crippen LogP contribution in [0.15, 0.2) is 17.5 Å². The van der Waals surface area contributed by atoms with E-state index in [9.17, 15) is 14.4 Å². The monoisotopic (exact) mass is 270 g/mol. The van der Waals surface area contributed by atoms with Crippen LogP contribution in [-0.2, 0) is 16.1 Å². The van der Waals surface area contributed by atoms with E-state index in [-0.39, 0.29) is 12.8 Å². The van der Waals surface area contributed by atoms with Gasteiger partial charge in [-0.25, -0.2) is 4.79 Å². The summed E-state index contributed by atoms with van der Waals surface area (Å²) >= 11 is 1.52. The number of urea groups is 1. The second kappa shape index (κ2) is 6.75. The Kier molecular flexibility index (Phi) is 5.31. The maximum atomic E-state index is 11.6. The van der Waals surface area contributed by atoms with Crippen molar-refractivity contribution in [1.29, 1.82) is 0 Å². The lowest BCUT2D eigenvalue weighted by molar-refractivity contribution is -0.138. The molecule has 0 saturated heterocycles. The first kappa shape index (κ1) is 14.2. The summed E-state index contributed by atoms with van der Waals surface area (Å²) < 4.78 is 0. The van der Waals surface area contributed by atoms with E-state index >= 15 is 0 Å². The fourth-order valence-electron chi connectivity index (χ4n) is 1.21. The van der Waals surface area contributed by atoms with Crippen LogP contribution in [0.3, 0.4) is 0 Å². The highest BCUT2D eigenvalue weighted by molar-refractivity contribution is 7.09. The molecule has 1 rings (SSSR count).